The quantitative estimate of drug-likeness (QED) is 0.467. The van der Waals surface area contributed by atoms with Crippen LogP contribution in [0.3, 0.4) is 0 Å². The van der Waals surface area contributed by atoms with Gasteiger partial charge in [0.1, 0.15) is 5.82 Å². The van der Waals surface area contributed by atoms with E-state index in [0.717, 1.165) is 12.1 Å². The molecule has 108 valence electrons. The molecule has 1 heterocycles. The van der Waals surface area contributed by atoms with Crippen molar-refractivity contribution in [2.24, 2.45) is 5.84 Å². The van der Waals surface area contributed by atoms with E-state index >= 15 is 0 Å². The van der Waals surface area contributed by atoms with E-state index in [0.29, 0.717) is 4.31 Å². The van der Waals surface area contributed by atoms with Gasteiger partial charge in [-0.05, 0) is 6.07 Å². The van der Waals surface area contributed by atoms with Crippen LogP contribution in [-0.2, 0) is 10.0 Å². The summed E-state index contributed by atoms with van der Waals surface area (Å²) in [5, 5.41) is 8.76. The molecule has 0 amide bonds. The number of alkyl halides is 2. The first-order valence-electron chi connectivity index (χ1n) is 5.23. The van der Waals surface area contributed by atoms with Crippen LogP contribution in [-0.4, -0.2) is 48.9 Å². The van der Waals surface area contributed by atoms with Crippen molar-refractivity contribution in [3.63, 3.8) is 0 Å². The topological polar surface area (TPSA) is 109 Å². The van der Waals surface area contributed by atoms with E-state index in [9.17, 15) is 17.2 Å². The molecule has 10 heteroatoms. The van der Waals surface area contributed by atoms with Crippen LogP contribution >= 0.6 is 0 Å². The Morgan fingerprint density at radius 1 is 1.53 bits per heavy atom. The lowest BCUT2D eigenvalue weighted by Gasteiger charge is -2.20. The summed E-state index contributed by atoms with van der Waals surface area (Å²) >= 11 is 0. The molecule has 0 aliphatic rings. The van der Waals surface area contributed by atoms with Gasteiger partial charge in [0.05, 0.1) is 18.0 Å². The lowest BCUT2D eigenvalue weighted by Crippen LogP contribution is -2.37. The van der Waals surface area contributed by atoms with Gasteiger partial charge < -0.3 is 10.5 Å². The van der Waals surface area contributed by atoms with Gasteiger partial charge in [-0.25, -0.2) is 28.0 Å². The van der Waals surface area contributed by atoms with E-state index in [-0.39, 0.29) is 10.7 Å². The smallest absolute Gasteiger partial charge is 0.252 e. The molecule has 0 saturated heterocycles. The third-order valence-electron chi connectivity index (χ3n) is 2.21. The number of halogens is 2. The number of pyridine rings is 1. The molecular weight excluding hydrogens is 282 g/mol. The van der Waals surface area contributed by atoms with Gasteiger partial charge in [-0.1, -0.05) is 0 Å². The van der Waals surface area contributed by atoms with E-state index in [4.69, 9.17) is 10.9 Å². The van der Waals surface area contributed by atoms with E-state index < -0.39 is 36.1 Å². The number of aliphatic hydroxyl groups is 1. The van der Waals surface area contributed by atoms with Crippen molar-refractivity contribution < 1.29 is 22.3 Å². The zero-order valence-corrected chi connectivity index (χ0v) is 10.6. The summed E-state index contributed by atoms with van der Waals surface area (Å²) in [5.74, 6) is 5.18. The number of nitrogens with one attached hydrogen (secondary N) is 1. The lowest BCUT2D eigenvalue weighted by atomic mass is 10.5. The molecule has 4 N–H and O–H groups in total. The fourth-order valence-electron chi connectivity index (χ4n) is 1.37. The third-order valence-corrected chi connectivity index (χ3v) is 4.07. The molecule has 1 aromatic heterocycles. The van der Waals surface area contributed by atoms with Crippen LogP contribution in [0.1, 0.15) is 0 Å². The van der Waals surface area contributed by atoms with Crippen LogP contribution in [0.15, 0.2) is 23.2 Å². The minimum absolute atomic E-state index is 0.0853. The van der Waals surface area contributed by atoms with E-state index in [1.807, 2.05) is 0 Å². The second kappa shape index (κ2) is 6.70. The number of nitrogens with zero attached hydrogens (tertiary/aromatic N) is 2. The molecule has 0 bridgehead atoms. The van der Waals surface area contributed by atoms with E-state index in [2.05, 4.69) is 10.4 Å². The Morgan fingerprint density at radius 2 is 2.21 bits per heavy atom. The number of rotatable bonds is 7. The second-order valence-electron chi connectivity index (χ2n) is 3.50. The second-order valence-corrected chi connectivity index (χ2v) is 5.44. The highest BCUT2D eigenvalue weighted by Crippen LogP contribution is 2.18. The Kier molecular flexibility index (Phi) is 5.54. The molecule has 7 nitrogen and oxygen atoms in total. The minimum Gasteiger partial charge on any atom is -0.395 e. The first kappa shape index (κ1) is 15.7. The number of anilines is 1. The molecule has 0 atom stereocenters. The maximum atomic E-state index is 12.4. The molecule has 0 saturated carbocycles. The summed E-state index contributed by atoms with van der Waals surface area (Å²) in [6.45, 7) is -1.96. The maximum absolute atomic E-state index is 12.4. The van der Waals surface area contributed by atoms with Crippen LogP contribution in [0.25, 0.3) is 0 Å². The van der Waals surface area contributed by atoms with Crippen molar-refractivity contribution >= 4 is 15.8 Å². The summed E-state index contributed by atoms with van der Waals surface area (Å²) in [7, 11) is -4.13. The van der Waals surface area contributed by atoms with Crippen molar-refractivity contribution in [3.05, 3.63) is 18.3 Å². The summed E-state index contributed by atoms with van der Waals surface area (Å²) in [5.41, 5.74) is 2.16. The minimum atomic E-state index is -4.13. The average molecular weight is 296 g/mol. The van der Waals surface area contributed by atoms with Crippen molar-refractivity contribution in [1.82, 2.24) is 9.29 Å². The van der Waals surface area contributed by atoms with Gasteiger partial charge in [0.25, 0.3) is 6.43 Å². The van der Waals surface area contributed by atoms with Gasteiger partial charge in [-0.3, -0.25) is 0 Å². The Hall–Kier alpha value is -1.36. The van der Waals surface area contributed by atoms with Gasteiger partial charge in [0.2, 0.25) is 10.0 Å². The molecule has 1 aromatic rings. The van der Waals surface area contributed by atoms with E-state index in [1.165, 1.54) is 6.20 Å². The standard InChI is InChI=1S/C9H14F2N4O3S/c10-8(11)6-15(3-4-16)19(17,18)7-1-2-13-9(5-7)14-12/h1-2,5,8,16H,3-4,6,12H2,(H,13,14). The summed E-state index contributed by atoms with van der Waals surface area (Å²) in [6.07, 6.45) is -1.66. The zero-order valence-electron chi connectivity index (χ0n) is 9.83. The van der Waals surface area contributed by atoms with Crippen LogP contribution in [0.4, 0.5) is 14.6 Å². The fraction of sp³-hybridized carbons (Fsp3) is 0.444. The van der Waals surface area contributed by atoms with Crippen molar-refractivity contribution in [2.45, 2.75) is 11.3 Å². The molecule has 0 radical (unpaired) electrons. The first-order chi connectivity index (χ1) is 8.91. The molecule has 1 rings (SSSR count). The maximum Gasteiger partial charge on any atom is 0.252 e. The number of hydrogen-bond acceptors (Lipinski definition) is 6. The fourth-order valence-corrected chi connectivity index (χ4v) is 2.80. The highest BCUT2D eigenvalue weighted by molar-refractivity contribution is 7.89. The van der Waals surface area contributed by atoms with E-state index in [1.54, 1.807) is 0 Å². The van der Waals surface area contributed by atoms with Gasteiger partial charge in [-0.15, -0.1) is 0 Å². The number of hydrogen-bond donors (Lipinski definition) is 3. The predicted molar refractivity (Wildman–Crippen MR) is 63.9 cm³/mol. The first-order valence-corrected chi connectivity index (χ1v) is 6.67. The van der Waals surface area contributed by atoms with Crippen molar-refractivity contribution in [1.29, 1.82) is 0 Å². The molecule has 0 fully saturated rings. The highest BCUT2D eigenvalue weighted by Gasteiger charge is 2.27. The summed E-state index contributed by atoms with van der Waals surface area (Å²) < 4.78 is 49.5. The predicted octanol–water partition coefficient (Wildman–Crippen LogP) is -0.385. The number of aromatic nitrogens is 1. The molecule has 0 aliphatic heterocycles. The van der Waals surface area contributed by atoms with Crippen LogP contribution < -0.4 is 11.3 Å². The van der Waals surface area contributed by atoms with Gasteiger partial charge >= 0.3 is 0 Å². The Labute approximate surface area is 109 Å². The molecule has 0 unspecified atom stereocenters. The SMILES string of the molecule is NNc1cc(S(=O)(=O)N(CCO)CC(F)F)ccn1. The number of nitrogens with two attached hydrogens (primary N) is 1. The van der Waals surface area contributed by atoms with Gasteiger partial charge in [-0.2, -0.15) is 4.31 Å². The lowest BCUT2D eigenvalue weighted by molar-refractivity contribution is 0.113. The Bertz CT molecular complexity index is 512. The molecule has 0 aromatic carbocycles. The Morgan fingerprint density at radius 3 is 2.74 bits per heavy atom. The molecule has 19 heavy (non-hydrogen) atoms. The molecule has 0 spiro atoms. The normalized spacial score (nSPS) is 12.1. The largest absolute Gasteiger partial charge is 0.395 e. The molecular formula is C9H14F2N4O3S. The number of sulfonamides is 1. The monoisotopic (exact) mass is 296 g/mol. The highest BCUT2D eigenvalue weighted by atomic mass is 32.2. The van der Waals surface area contributed by atoms with Crippen LogP contribution in [0.2, 0.25) is 0 Å². The van der Waals surface area contributed by atoms with Crippen LogP contribution in [0.5, 0.6) is 0 Å². The van der Waals surface area contributed by atoms with Crippen molar-refractivity contribution in [3.8, 4) is 0 Å². The average Bonchev–Trinajstić information content (AvgIpc) is 2.38. The third kappa shape index (κ3) is 4.06. The van der Waals surface area contributed by atoms with Crippen molar-refractivity contribution in [2.75, 3.05) is 25.1 Å². The number of nitrogen functional groups attached to an aromatic ring is 1. The van der Waals surface area contributed by atoms with Gasteiger partial charge in [0, 0.05) is 18.8 Å². The Balaban J connectivity index is 3.10. The summed E-state index contributed by atoms with van der Waals surface area (Å²) in [6, 6.07) is 2.27. The molecule has 0 aliphatic carbocycles. The number of aliphatic hydroxyl groups excluding tert-OH is 1. The van der Waals surface area contributed by atoms with Crippen LogP contribution in [0, 0.1) is 0 Å². The van der Waals surface area contributed by atoms with Gasteiger partial charge in [0.15, 0.2) is 0 Å². The number of hydrazine groups is 1. The summed E-state index contributed by atoms with van der Waals surface area (Å²) in [4.78, 5) is 3.49. The zero-order chi connectivity index (χ0) is 14.5.